The monoisotopic (exact) mass is 334 g/mol. The second-order valence-corrected chi connectivity index (χ2v) is 6.83. The zero-order chi connectivity index (χ0) is 16.9. The second-order valence-electron chi connectivity index (χ2n) is 5.66. The molecule has 0 aliphatic carbocycles. The minimum Gasteiger partial charge on any atom is -0.305 e. The number of nitrogens with zero attached hydrogens (tertiary/aromatic N) is 4. The second kappa shape index (κ2) is 7.33. The molecule has 3 aromatic rings. The molecule has 1 aromatic heterocycles. The Kier molecular flexibility index (Phi) is 4.97. The summed E-state index contributed by atoms with van der Waals surface area (Å²) >= 11 is 1.46. The third-order valence-corrected chi connectivity index (χ3v) is 4.92. The van der Waals surface area contributed by atoms with Crippen LogP contribution in [0.15, 0.2) is 59.8 Å². The average molecular weight is 334 g/mol. The number of thioether (sulfide) groups is 1. The Labute approximate surface area is 146 Å². The maximum Gasteiger partial charge on any atom is 0.192 e. The lowest BCUT2D eigenvalue weighted by Gasteiger charge is -2.09. The van der Waals surface area contributed by atoms with Gasteiger partial charge in [0.1, 0.15) is 5.25 Å². The quantitative estimate of drug-likeness (QED) is 0.661. The molecular formula is C19H18N4S. The molecule has 0 unspecified atom stereocenters. The van der Waals surface area contributed by atoms with Crippen molar-refractivity contribution in [3.8, 4) is 17.5 Å². The van der Waals surface area contributed by atoms with E-state index in [0.717, 1.165) is 22.1 Å². The molecule has 0 bridgehead atoms. The molecule has 2 aromatic carbocycles. The van der Waals surface area contributed by atoms with Crippen molar-refractivity contribution in [2.45, 2.75) is 23.8 Å². The average Bonchev–Trinajstić information content (AvgIpc) is 2.97. The first-order valence-electron chi connectivity index (χ1n) is 7.74. The van der Waals surface area contributed by atoms with E-state index in [9.17, 15) is 5.26 Å². The highest BCUT2D eigenvalue weighted by Crippen LogP contribution is 2.27. The Morgan fingerprint density at radius 2 is 1.79 bits per heavy atom. The topological polar surface area (TPSA) is 54.5 Å². The number of rotatable bonds is 5. The fraction of sp³-hybridized carbons (Fsp3) is 0.211. The van der Waals surface area contributed by atoms with E-state index in [-0.39, 0.29) is 5.25 Å². The number of hydrogen-bond acceptors (Lipinski definition) is 4. The van der Waals surface area contributed by atoms with E-state index in [1.807, 2.05) is 41.9 Å². The van der Waals surface area contributed by atoms with Crippen molar-refractivity contribution in [3.05, 3.63) is 65.7 Å². The van der Waals surface area contributed by atoms with Crippen LogP contribution in [0.5, 0.6) is 0 Å². The minimum absolute atomic E-state index is 0.195. The van der Waals surface area contributed by atoms with Crippen LogP contribution in [0, 0.1) is 18.3 Å². The highest BCUT2D eigenvalue weighted by atomic mass is 32.2. The molecule has 3 rings (SSSR count). The highest BCUT2D eigenvalue weighted by molar-refractivity contribution is 8.00. The Morgan fingerprint density at radius 1 is 1.08 bits per heavy atom. The molecule has 120 valence electrons. The van der Waals surface area contributed by atoms with Crippen LogP contribution in [0.1, 0.15) is 11.1 Å². The van der Waals surface area contributed by atoms with Gasteiger partial charge in [-0.1, -0.05) is 71.9 Å². The van der Waals surface area contributed by atoms with Crippen molar-refractivity contribution in [2.24, 2.45) is 7.05 Å². The molecule has 0 aliphatic heterocycles. The van der Waals surface area contributed by atoms with Crippen LogP contribution in [-0.4, -0.2) is 20.0 Å². The van der Waals surface area contributed by atoms with E-state index >= 15 is 0 Å². The predicted molar refractivity (Wildman–Crippen MR) is 96.6 cm³/mol. The predicted octanol–water partition coefficient (Wildman–Crippen LogP) is 4.02. The molecular weight excluding hydrogens is 316 g/mol. The molecule has 4 nitrogen and oxygen atoms in total. The lowest BCUT2D eigenvalue weighted by molar-refractivity contribution is 0.790. The summed E-state index contributed by atoms with van der Waals surface area (Å²) in [5, 5.41) is 18.6. The third-order valence-electron chi connectivity index (χ3n) is 3.80. The third kappa shape index (κ3) is 3.66. The zero-order valence-electron chi connectivity index (χ0n) is 13.7. The summed E-state index contributed by atoms with van der Waals surface area (Å²) in [4.78, 5) is 0. The normalized spacial score (nSPS) is 11.9. The Morgan fingerprint density at radius 3 is 2.46 bits per heavy atom. The van der Waals surface area contributed by atoms with Gasteiger partial charge >= 0.3 is 0 Å². The van der Waals surface area contributed by atoms with Crippen molar-refractivity contribution in [1.29, 1.82) is 5.26 Å². The van der Waals surface area contributed by atoms with Gasteiger partial charge in [-0.25, -0.2) is 0 Å². The lowest BCUT2D eigenvalue weighted by Crippen LogP contribution is -2.06. The van der Waals surface area contributed by atoms with Crippen LogP contribution in [0.3, 0.4) is 0 Å². The van der Waals surface area contributed by atoms with Crippen molar-refractivity contribution in [2.75, 3.05) is 0 Å². The summed E-state index contributed by atoms with van der Waals surface area (Å²) in [5.41, 5.74) is 3.40. The van der Waals surface area contributed by atoms with Gasteiger partial charge in [-0.15, -0.1) is 10.2 Å². The summed E-state index contributed by atoms with van der Waals surface area (Å²) in [5.74, 6) is 0.810. The van der Waals surface area contributed by atoms with Crippen molar-refractivity contribution in [3.63, 3.8) is 0 Å². The van der Waals surface area contributed by atoms with Crippen LogP contribution >= 0.6 is 11.8 Å². The largest absolute Gasteiger partial charge is 0.305 e. The van der Waals surface area contributed by atoms with Gasteiger partial charge in [0.05, 0.1) is 6.07 Å². The number of aromatic nitrogens is 3. The van der Waals surface area contributed by atoms with E-state index in [0.29, 0.717) is 6.42 Å². The summed E-state index contributed by atoms with van der Waals surface area (Å²) in [6.45, 7) is 2.06. The number of hydrogen-bond donors (Lipinski definition) is 0. The van der Waals surface area contributed by atoms with E-state index in [4.69, 9.17) is 0 Å². The van der Waals surface area contributed by atoms with Gasteiger partial charge in [0.25, 0.3) is 0 Å². The van der Waals surface area contributed by atoms with Gasteiger partial charge in [0.15, 0.2) is 11.0 Å². The Bertz CT molecular complexity index is 847. The van der Waals surface area contributed by atoms with Gasteiger partial charge in [-0.2, -0.15) is 5.26 Å². The van der Waals surface area contributed by atoms with Crippen LogP contribution in [0.2, 0.25) is 0 Å². The summed E-state index contributed by atoms with van der Waals surface area (Å²) in [7, 11) is 1.94. The van der Waals surface area contributed by atoms with Gasteiger partial charge in [0.2, 0.25) is 0 Å². The fourth-order valence-electron chi connectivity index (χ4n) is 2.44. The molecule has 0 fully saturated rings. The maximum absolute atomic E-state index is 9.49. The number of benzene rings is 2. The fourth-order valence-corrected chi connectivity index (χ4v) is 3.35. The van der Waals surface area contributed by atoms with Gasteiger partial charge in [0, 0.05) is 12.6 Å². The van der Waals surface area contributed by atoms with E-state index in [1.165, 1.54) is 17.3 Å². The maximum atomic E-state index is 9.49. The standard InChI is InChI=1S/C19H18N4S/c1-14-8-10-15(11-9-14)12-17(13-20)24-19-22-21-18(23(19)2)16-6-4-3-5-7-16/h3-11,17H,12H2,1-2H3/t17-/m0/s1. The van der Waals surface area contributed by atoms with E-state index < -0.39 is 0 Å². The molecule has 1 heterocycles. The molecule has 0 saturated heterocycles. The summed E-state index contributed by atoms with van der Waals surface area (Å²) in [6.07, 6.45) is 0.689. The molecule has 0 spiro atoms. The Hall–Kier alpha value is -2.58. The molecule has 5 heteroatoms. The first-order valence-corrected chi connectivity index (χ1v) is 8.62. The molecule has 0 saturated carbocycles. The van der Waals surface area contributed by atoms with Gasteiger partial charge < -0.3 is 4.57 Å². The number of aryl methyl sites for hydroxylation is 1. The molecule has 0 radical (unpaired) electrons. The smallest absolute Gasteiger partial charge is 0.192 e. The van der Waals surface area contributed by atoms with Gasteiger partial charge in [-0.3, -0.25) is 0 Å². The number of nitriles is 1. The van der Waals surface area contributed by atoms with Crippen molar-refractivity contribution in [1.82, 2.24) is 14.8 Å². The van der Waals surface area contributed by atoms with E-state index in [1.54, 1.807) is 0 Å². The summed E-state index contributed by atoms with van der Waals surface area (Å²) in [6, 6.07) is 20.6. The minimum atomic E-state index is -0.195. The summed E-state index contributed by atoms with van der Waals surface area (Å²) < 4.78 is 1.94. The molecule has 0 aliphatic rings. The molecule has 1 atom stereocenters. The van der Waals surface area contributed by atoms with E-state index in [2.05, 4.69) is 47.5 Å². The van der Waals surface area contributed by atoms with Crippen molar-refractivity contribution < 1.29 is 0 Å². The van der Waals surface area contributed by atoms with Crippen molar-refractivity contribution >= 4 is 11.8 Å². The van der Waals surface area contributed by atoms with Crippen LogP contribution in [-0.2, 0) is 13.5 Å². The highest BCUT2D eigenvalue weighted by Gasteiger charge is 2.17. The van der Waals surface area contributed by atoms with Crippen LogP contribution in [0.25, 0.3) is 11.4 Å². The first-order chi connectivity index (χ1) is 11.7. The molecule has 0 amide bonds. The zero-order valence-corrected chi connectivity index (χ0v) is 14.5. The van der Waals surface area contributed by atoms with Crippen LogP contribution < -0.4 is 0 Å². The SMILES string of the molecule is Cc1ccc(C[C@@H](C#N)Sc2nnc(-c3ccccc3)n2C)cc1. The first kappa shape index (κ1) is 16.3. The lowest BCUT2D eigenvalue weighted by atomic mass is 10.1. The van der Waals surface area contributed by atoms with Crippen LogP contribution in [0.4, 0.5) is 0 Å². The van der Waals surface area contributed by atoms with Gasteiger partial charge in [-0.05, 0) is 18.9 Å². The molecule has 0 N–H and O–H groups in total. The molecule has 24 heavy (non-hydrogen) atoms. The Balaban J connectivity index is 1.76.